The molecule has 33 heavy (non-hydrogen) atoms. The van der Waals surface area contributed by atoms with E-state index in [1.165, 1.54) is 18.9 Å². The van der Waals surface area contributed by atoms with Crippen molar-refractivity contribution in [2.75, 3.05) is 13.7 Å². The molecule has 3 aromatic rings. The van der Waals surface area contributed by atoms with E-state index < -0.39 is 11.9 Å². The molecule has 0 atom stereocenters. The number of carbonyl (C=O) groups excluding carboxylic acids is 2. The van der Waals surface area contributed by atoms with E-state index in [0.29, 0.717) is 27.6 Å². The summed E-state index contributed by atoms with van der Waals surface area (Å²) >= 11 is 5.84. The molecule has 7 nitrogen and oxygen atoms in total. The van der Waals surface area contributed by atoms with Crippen LogP contribution in [0.5, 0.6) is 17.2 Å². The lowest BCUT2D eigenvalue weighted by Gasteiger charge is -2.10. The van der Waals surface area contributed by atoms with Crippen LogP contribution < -0.4 is 19.6 Å². The topological polar surface area (TPSA) is 86.2 Å². The molecule has 3 rings (SSSR count). The number of aryl methyl sites for hydroxylation is 1. The minimum Gasteiger partial charge on any atom is -0.493 e. The van der Waals surface area contributed by atoms with E-state index in [1.54, 1.807) is 42.5 Å². The number of methoxy groups -OCH3 is 1. The molecule has 0 bridgehead atoms. The second-order valence-electron chi connectivity index (χ2n) is 6.89. The number of halogens is 1. The quantitative estimate of drug-likeness (QED) is 0.214. The van der Waals surface area contributed by atoms with Crippen molar-refractivity contribution in [3.63, 3.8) is 0 Å². The third-order valence-corrected chi connectivity index (χ3v) is 4.83. The molecule has 3 aromatic carbocycles. The van der Waals surface area contributed by atoms with E-state index >= 15 is 0 Å². The SMILES string of the molecule is CCc1ccc(OCC(=O)NN=Cc2ccc(OC(=O)c3ccc(Cl)cc3)c(OC)c2)cc1. The summed E-state index contributed by atoms with van der Waals surface area (Å²) in [5, 5.41) is 4.45. The van der Waals surface area contributed by atoms with E-state index in [-0.39, 0.29) is 12.4 Å². The number of hydrazone groups is 1. The van der Waals surface area contributed by atoms with Crippen LogP contribution in [-0.4, -0.2) is 31.8 Å². The second-order valence-corrected chi connectivity index (χ2v) is 7.32. The molecule has 0 aliphatic rings. The first-order valence-corrected chi connectivity index (χ1v) is 10.6. The van der Waals surface area contributed by atoms with Crippen LogP contribution in [0.25, 0.3) is 0 Å². The first kappa shape index (κ1) is 23.8. The molecule has 0 saturated carbocycles. The Balaban J connectivity index is 1.54. The van der Waals surface area contributed by atoms with Gasteiger partial charge in [-0.05, 0) is 72.1 Å². The van der Waals surface area contributed by atoms with E-state index in [2.05, 4.69) is 17.5 Å². The maximum atomic E-state index is 12.3. The zero-order valence-corrected chi connectivity index (χ0v) is 19.0. The van der Waals surface area contributed by atoms with Gasteiger partial charge in [-0.15, -0.1) is 0 Å². The molecular formula is C25H23ClN2O5. The summed E-state index contributed by atoms with van der Waals surface area (Å²) in [6.45, 7) is 1.91. The van der Waals surface area contributed by atoms with Crippen LogP contribution in [0.4, 0.5) is 0 Å². The summed E-state index contributed by atoms with van der Waals surface area (Å²) in [6, 6.07) is 18.8. The smallest absolute Gasteiger partial charge is 0.343 e. The maximum absolute atomic E-state index is 12.3. The van der Waals surface area contributed by atoms with Gasteiger partial charge in [0.2, 0.25) is 0 Å². The van der Waals surface area contributed by atoms with Crippen molar-refractivity contribution in [3.8, 4) is 17.2 Å². The highest BCUT2D eigenvalue weighted by Gasteiger charge is 2.13. The number of carbonyl (C=O) groups is 2. The molecule has 0 saturated heterocycles. The first-order chi connectivity index (χ1) is 16.0. The highest BCUT2D eigenvalue weighted by Crippen LogP contribution is 2.28. The number of ether oxygens (including phenoxy) is 3. The van der Waals surface area contributed by atoms with Gasteiger partial charge in [-0.25, -0.2) is 10.2 Å². The Kier molecular flexibility index (Phi) is 8.43. The number of amides is 1. The molecular weight excluding hydrogens is 444 g/mol. The zero-order chi connectivity index (χ0) is 23.6. The molecule has 0 radical (unpaired) electrons. The van der Waals surface area contributed by atoms with Crippen molar-refractivity contribution < 1.29 is 23.8 Å². The van der Waals surface area contributed by atoms with E-state index in [1.807, 2.05) is 24.3 Å². The highest BCUT2D eigenvalue weighted by atomic mass is 35.5. The minimum absolute atomic E-state index is 0.161. The fourth-order valence-corrected chi connectivity index (χ4v) is 2.90. The van der Waals surface area contributed by atoms with Gasteiger partial charge < -0.3 is 14.2 Å². The third-order valence-electron chi connectivity index (χ3n) is 4.57. The molecule has 0 heterocycles. The Bertz CT molecular complexity index is 1130. The molecule has 0 spiro atoms. The monoisotopic (exact) mass is 466 g/mol. The van der Waals surface area contributed by atoms with Gasteiger partial charge in [-0.2, -0.15) is 5.10 Å². The molecule has 0 aliphatic carbocycles. The number of nitrogens with one attached hydrogen (secondary N) is 1. The van der Waals surface area contributed by atoms with Gasteiger partial charge in [0.05, 0.1) is 18.9 Å². The number of esters is 1. The summed E-state index contributed by atoms with van der Waals surface area (Å²) < 4.78 is 16.2. The lowest BCUT2D eigenvalue weighted by molar-refractivity contribution is -0.123. The van der Waals surface area contributed by atoms with Crippen molar-refractivity contribution in [2.45, 2.75) is 13.3 Å². The Hall–Kier alpha value is -3.84. The molecule has 8 heteroatoms. The Morgan fingerprint density at radius 3 is 2.39 bits per heavy atom. The third kappa shape index (κ3) is 7.08. The Morgan fingerprint density at radius 1 is 1.00 bits per heavy atom. The number of nitrogens with zero attached hydrogens (tertiary/aromatic N) is 1. The van der Waals surface area contributed by atoms with Crippen LogP contribution >= 0.6 is 11.6 Å². The zero-order valence-electron chi connectivity index (χ0n) is 18.2. The predicted molar refractivity (Wildman–Crippen MR) is 126 cm³/mol. The normalized spacial score (nSPS) is 10.6. The molecule has 0 aromatic heterocycles. The summed E-state index contributed by atoms with van der Waals surface area (Å²) in [5.74, 6) is 0.265. The van der Waals surface area contributed by atoms with Gasteiger partial charge in [0.1, 0.15) is 5.75 Å². The second kappa shape index (κ2) is 11.7. The molecule has 0 fully saturated rings. The van der Waals surface area contributed by atoms with E-state index in [9.17, 15) is 9.59 Å². The standard InChI is InChI=1S/C25H23ClN2O5/c1-3-17-4-11-21(12-5-17)32-16-24(29)28-27-15-18-6-13-22(23(14-18)31-2)33-25(30)19-7-9-20(26)10-8-19/h4-15H,3,16H2,1-2H3,(H,28,29). The summed E-state index contributed by atoms with van der Waals surface area (Å²) in [4.78, 5) is 24.3. The van der Waals surface area contributed by atoms with Crippen LogP contribution in [0.1, 0.15) is 28.4 Å². The average molecular weight is 467 g/mol. The molecule has 170 valence electrons. The van der Waals surface area contributed by atoms with Gasteiger partial charge in [-0.1, -0.05) is 30.7 Å². The lowest BCUT2D eigenvalue weighted by Crippen LogP contribution is -2.24. The highest BCUT2D eigenvalue weighted by molar-refractivity contribution is 6.30. The average Bonchev–Trinajstić information content (AvgIpc) is 2.84. The van der Waals surface area contributed by atoms with Crippen molar-refractivity contribution >= 4 is 29.7 Å². The van der Waals surface area contributed by atoms with Crippen LogP contribution in [-0.2, 0) is 11.2 Å². The first-order valence-electron chi connectivity index (χ1n) is 10.2. The predicted octanol–water partition coefficient (Wildman–Crippen LogP) is 4.66. The Morgan fingerprint density at radius 2 is 1.73 bits per heavy atom. The number of hydrogen-bond donors (Lipinski definition) is 1. The van der Waals surface area contributed by atoms with Crippen molar-refractivity contribution in [1.29, 1.82) is 0 Å². The van der Waals surface area contributed by atoms with Crippen molar-refractivity contribution in [1.82, 2.24) is 5.43 Å². The van der Waals surface area contributed by atoms with Crippen LogP contribution in [0.15, 0.2) is 71.8 Å². The number of hydrogen-bond acceptors (Lipinski definition) is 6. The summed E-state index contributed by atoms with van der Waals surface area (Å²) in [5.41, 5.74) is 4.59. The lowest BCUT2D eigenvalue weighted by atomic mass is 10.2. The fraction of sp³-hybridized carbons (Fsp3) is 0.160. The van der Waals surface area contributed by atoms with Gasteiger partial charge in [0.15, 0.2) is 18.1 Å². The number of benzene rings is 3. The fourth-order valence-electron chi connectivity index (χ4n) is 2.77. The summed E-state index contributed by atoms with van der Waals surface area (Å²) in [6.07, 6.45) is 2.38. The van der Waals surface area contributed by atoms with Gasteiger partial charge >= 0.3 is 5.97 Å². The van der Waals surface area contributed by atoms with Gasteiger partial charge in [-0.3, -0.25) is 4.79 Å². The van der Waals surface area contributed by atoms with E-state index in [4.69, 9.17) is 25.8 Å². The molecule has 1 amide bonds. The summed E-state index contributed by atoms with van der Waals surface area (Å²) in [7, 11) is 1.46. The number of rotatable bonds is 9. The largest absolute Gasteiger partial charge is 0.493 e. The van der Waals surface area contributed by atoms with Crippen LogP contribution in [0.3, 0.4) is 0 Å². The van der Waals surface area contributed by atoms with Crippen LogP contribution in [0.2, 0.25) is 5.02 Å². The minimum atomic E-state index is -0.539. The Labute approximate surface area is 196 Å². The van der Waals surface area contributed by atoms with Gasteiger partial charge in [0.25, 0.3) is 5.91 Å². The van der Waals surface area contributed by atoms with E-state index in [0.717, 1.165) is 6.42 Å². The van der Waals surface area contributed by atoms with Crippen molar-refractivity contribution in [3.05, 3.63) is 88.4 Å². The van der Waals surface area contributed by atoms with Crippen LogP contribution in [0, 0.1) is 0 Å². The molecule has 1 N–H and O–H groups in total. The van der Waals surface area contributed by atoms with Gasteiger partial charge in [0, 0.05) is 5.02 Å². The van der Waals surface area contributed by atoms with Crippen molar-refractivity contribution in [2.24, 2.45) is 5.10 Å². The molecule has 0 aliphatic heterocycles. The molecule has 0 unspecified atom stereocenters. The maximum Gasteiger partial charge on any atom is 0.343 e.